The first kappa shape index (κ1) is 36.9. The standard InChI is InChI=1S/Co.2Mn.Ni. The van der Waals surface area contributed by atoms with Crippen LogP contribution in [0, 0.1) is 0 Å². The van der Waals surface area contributed by atoms with E-state index in [2.05, 4.69) is 0 Å². The molecule has 0 nitrogen and oxygen atoms in total. The van der Waals surface area contributed by atoms with Crippen LogP contribution < -0.4 is 0 Å². The average molecular weight is 228 g/mol. The molecule has 4 heavy (non-hydrogen) atoms. The third-order valence-electron chi connectivity index (χ3n) is 0. The topological polar surface area (TPSA) is 0 Å². The number of hydrogen-bond acceptors (Lipinski definition) is 0. The van der Waals surface area contributed by atoms with E-state index >= 15 is 0 Å². The van der Waals surface area contributed by atoms with Gasteiger partial charge in [0.2, 0.25) is 0 Å². The van der Waals surface area contributed by atoms with E-state index in [9.17, 15) is 0 Å². The molecule has 0 N–H and O–H groups in total. The van der Waals surface area contributed by atoms with Crippen molar-refractivity contribution in [1.82, 2.24) is 0 Å². The second-order valence-electron chi connectivity index (χ2n) is 0. The summed E-state index contributed by atoms with van der Waals surface area (Å²) in [6, 6.07) is 0. The van der Waals surface area contributed by atoms with E-state index in [0.717, 1.165) is 0 Å². The van der Waals surface area contributed by atoms with Crippen LogP contribution >= 0.6 is 0 Å². The molecule has 0 aromatic carbocycles. The van der Waals surface area contributed by atoms with Crippen LogP contribution in [0.25, 0.3) is 0 Å². The molecule has 0 aromatic heterocycles. The van der Waals surface area contributed by atoms with Crippen molar-refractivity contribution < 1.29 is 67.4 Å². The van der Waals surface area contributed by atoms with Crippen LogP contribution in [0.1, 0.15) is 0 Å². The van der Waals surface area contributed by atoms with Crippen LogP contribution in [0.5, 0.6) is 0 Å². The molecule has 0 rings (SSSR count). The van der Waals surface area contributed by atoms with Gasteiger partial charge in [-0.05, 0) is 0 Å². The van der Waals surface area contributed by atoms with Crippen LogP contribution in [-0.4, -0.2) is 0 Å². The van der Waals surface area contributed by atoms with Gasteiger partial charge in [0, 0.05) is 67.4 Å². The van der Waals surface area contributed by atoms with E-state index in [1.165, 1.54) is 0 Å². The third-order valence-corrected chi connectivity index (χ3v) is 0. The molecule has 0 aromatic rings. The zero-order valence-corrected chi connectivity index (χ0v) is 5.79. The Morgan fingerprint density at radius 2 is 0.750 bits per heavy atom. The summed E-state index contributed by atoms with van der Waals surface area (Å²) in [5.41, 5.74) is 0. The van der Waals surface area contributed by atoms with Gasteiger partial charge in [0.1, 0.15) is 0 Å². The molecule has 0 aliphatic rings. The fourth-order valence-corrected chi connectivity index (χ4v) is 0. The Morgan fingerprint density at radius 1 is 0.750 bits per heavy atom. The van der Waals surface area contributed by atoms with Gasteiger partial charge in [-0.25, -0.2) is 0 Å². The molecule has 0 aliphatic carbocycles. The summed E-state index contributed by atoms with van der Waals surface area (Å²) in [7, 11) is 0. The van der Waals surface area contributed by atoms with Crippen molar-refractivity contribution in [3.8, 4) is 0 Å². The van der Waals surface area contributed by atoms with Gasteiger partial charge in [0.05, 0.1) is 0 Å². The molecule has 3 radical (unpaired) electrons. The van der Waals surface area contributed by atoms with Crippen LogP contribution in [0.2, 0.25) is 0 Å². The molecule has 33 valence electrons. The van der Waals surface area contributed by atoms with Crippen molar-refractivity contribution >= 4 is 0 Å². The van der Waals surface area contributed by atoms with Gasteiger partial charge < -0.3 is 0 Å². The van der Waals surface area contributed by atoms with Crippen molar-refractivity contribution in [2.75, 3.05) is 0 Å². The van der Waals surface area contributed by atoms with Gasteiger partial charge in [0.15, 0.2) is 0 Å². The normalized spacial score (nSPS) is 0. The summed E-state index contributed by atoms with van der Waals surface area (Å²) in [6.45, 7) is 0. The van der Waals surface area contributed by atoms with Crippen molar-refractivity contribution in [2.24, 2.45) is 0 Å². The van der Waals surface area contributed by atoms with E-state index < -0.39 is 0 Å². The first-order valence-electron chi connectivity index (χ1n) is 0. The molecule has 0 spiro atoms. The van der Waals surface area contributed by atoms with Gasteiger partial charge in [-0.2, -0.15) is 0 Å². The number of rotatable bonds is 0. The van der Waals surface area contributed by atoms with Crippen molar-refractivity contribution in [3.05, 3.63) is 0 Å². The SMILES string of the molecule is [Co].[Mn].[Mn].[Ni]. The molecule has 0 aliphatic heterocycles. The van der Waals surface area contributed by atoms with Crippen LogP contribution in [0.3, 0.4) is 0 Å². The number of hydrogen-bond donors (Lipinski definition) is 0. The fraction of sp³-hybridized carbons (Fsp3) is 0. The summed E-state index contributed by atoms with van der Waals surface area (Å²) in [5.74, 6) is 0. The van der Waals surface area contributed by atoms with E-state index in [4.69, 9.17) is 0 Å². The Bertz CT molecular complexity index is 6.00. The summed E-state index contributed by atoms with van der Waals surface area (Å²) >= 11 is 0. The van der Waals surface area contributed by atoms with Gasteiger partial charge in [-0.15, -0.1) is 0 Å². The first-order chi connectivity index (χ1) is 0. The predicted octanol–water partition coefficient (Wildman–Crippen LogP) is -0.0100. The largest absolute Gasteiger partial charge is 0 e. The summed E-state index contributed by atoms with van der Waals surface area (Å²) in [4.78, 5) is 0. The average Bonchev–Trinajstić information content (AvgIpc) is 0. The zero-order valence-electron chi connectivity index (χ0n) is 1.41. The van der Waals surface area contributed by atoms with Crippen LogP contribution in [0.15, 0.2) is 0 Å². The van der Waals surface area contributed by atoms with E-state index in [1.807, 2.05) is 0 Å². The molecule has 0 saturated carbocycles. The quantitative estimate of drug-likeness (QED) is 0.511. The zero-order chi connectivity index (χ0) is 0. The molecule has 4 heteroatoms. The molecule has 0 atom stereocenters. The fourth-order valence-electron chi connectivity index (χ4n) is 0. The molecule has 0 unspecified atom stereocenters. The minimum atomic E-state index is 0. The Labute approximate surface area is 66.9 Å². The second-order valence-corrected chi connectivity index (χ2v) is 0. The van der Waals surface area contributed by atoms with Crippen molar-refractivity contribution in [2.45, 2.75) is 0 Å². The maximum Gasteiger partial charge on any atom is 0 e. The van der Waals surface area contributed by atoms with E-state index in [1.54, 1.807) is 0 Å². The maximum atomic E-state index is 0. The first-order valence-corrected chi connectivity index (χ1v) is 0. The van der Waals surface area contributed by atoms with Gasteiger partial charge in [-0.1, -0.05) is 0 Å². The van der Waals surface area contributed by atoms with Crippen LogP contribution in [-0.2, 0) is 67.4 Å². The maximum absolute atomic E-state index is 0. The minimum Gasteiger partial charge on any atom is 0 e. The second kappa shape index (κ2) is 19.8. The van der Waals surface area contributed by atoms with Crippen LogP contribution in [0.4, 0.5) is 0 Å². The Kier molecular flexibility index (Phi) is 182. The molecule has 0 saturated heterocycles. The summed E-state index contributed by atoms with van der Waals surface area (Å²) < 4.78 is 0. The minimum absolute atomic E-state index is 0. The Balaban J connectivity index is 0. The molecular formula is CoMn2Ni. The monoisotopic (exact) mass is 227 g/mol. The van der Waals surface area contributed by atoms with Gasteiger partial charge in [0.25, 0.3) is 0 Å². The molecule has 0 bridgehead atoms. The van der Waals surface area contributed by atoms with E-state index in [-0.39, 0.29) is 67.4 Å². The Morgan fingerprint density at radius 3 is 0.750 bits per heavy atom. The Hall–Kier alpha value is 2.04. The van der Waals surface area contributed by atoms with Gasteiger partial charge >= 0.3 is 0 Å². The molecular weight excluding hydrogens is 228 g/mol. The van der Waals surface area contributed by atoms with Gasteiger partial charge in [-0.3, -0.25) is 0 Å². The van der Waals surface area contributed by atoms with Crippen molar-refractivity contribution in [3.63, 3.8) is 0 Å². The molecule has 0 fully saturated rings. The van der Waals surface area contributed by atoms with E-state index in [0.29, 0.717) is 0 Å². The summed E-state index contributed by atoms with van der Waals surface area (Å²) in [6.07, 6.45) is 0. The van der Waals surface area contributed by atoms with Crippen molar-refractivity contribution in [1.29, 1.82) is 0 Å². The molecule has 0 heterocycles. The third kappa shape index (κ3) is 8.97. The molecule has 0 amide bonds. The smallest absolute Gasteiger partial charge is 0 e. The summed E-state index contributed by atoms with van der Waals surface area (Å²) in [5, 5.41) is 0. The predicted molar refractivity (Wildman–Crippen MR) is 0 cm³/mol.